The molecule has 4 aromatic rings. The van der Waals surface area contributed by atoms with Crippen LogP contribution in [0.2, 0.25) is 0 Å². The standard InChI is InChI=1S/C28H28N2O6S.CH4/c1-33-25-14-21-20-12-24-19-13-26(34-2)28(36-37(31,32)18-7-5-4-6-8-18)11-17(19)9-10-30(24)16-23(20)29-22(21)15-27(25)35-3;/h4-8,11,13-15,24,29H,9-10,12,16H2,1-3H3;1H4. The molecule has 0 radical (unpaired) electrons. The van der Waals surface area contributed by atoms with E-state index in [4.69, 9.17) is 18.4 Å². The van der Waals surface area contributed by atoms with Crippen LogP contribution in [0.15, 0.2) is 59.5 Å². The van der Waals surface area contributed by atoms with Crippen LogP contribution >= 0.6 is 0 Å². The summed E-state index contributed by atoms with van der Waals surface area (Å²) in [6.45, 7) is 1.65. The minimum atomic E-state index is -3.98. The molecule has 38 heavy (non-hydrogen) atoms. The lowest BCUT2D eigenvalue weighted by Gasteiger charge is -2.40. The van der Waals surface area contributed by atoms with Crippen LogP contribution < -0.4 is 18.4 Å². The second-order valence-corrected chi connectivity index (χ2v) is 10.9. The maximum Gasteiger partial charge on any atom is 0.339 e. The molecular formula is C29H32N2O6S. The Morgan fingerprint density at radius 3 is 2.29 bits per heavy atom. The van der Waals surface area contributed by atoms with Gasteiger partial charge in [0.2, 0.25) is 0 Å². The van der Waals surface area contributed by atoms with Gasteiger partial charge < -0.3 is 23.4 Å². The summed E-state index contributed by atoms with van der Waals surface area (Å²) in [5, 5.41) is 1.13. The maximum atomic E-state index is 12.9. The smallest absolute Gasteiger partial charge is 0.339 e. The summed E-state index contributed by atoms with van der Waals surface area (Å²) in [6.07, 6.45) is 1.60. The molecule has 0 spiro atoms. The highest BCUT2D eigenvalue weighted by Gasteiger charge is 2.35. The molecule has 0 bridgehead atoms. The van der Waals surface area contributed by atoms with E-state index in [2.05, 4.69) is 9.88 Å². The summed E-state index contributed by atoms with van der Waals surface area (Å²) in [6, 6.07) is 16.1. The van der Waals surface area contributed by atoms with Gasteiger partial charge in [-0.05, 0) is 59.9 Å². The number of benzene rings is 3. The fourth-order valence-corrected chi connectivity index (χ4v) is 6.52. The maximum absolute atomic E-state index is 12.9. The number of nitrogens with zero attached hydrogens (tertiary/aromatic N) is 1. The molecule has 0 fully saturated rings. The molecule has 3 heterocycles. The van der Waals surface area contributed by atoms with Gasteiger partial charge in [-0.15, -0.1) is 0 Å². The van der Waals surface area contributed by atoms with Crippen molar-refractivity contribution in [2.24, 2.45) is 0 Å². The minimum Gasteiger partial charge on any atom is -0.493 e. The van der Waals surface area contributed by atoms with Gasteiger partial charge in [0.1, 0.15) is 4.90 Å². The van der Waals surface area contributed by atoms with Crippen molar-refractivity contribution < 1.29 is 26.8 Å². The Hall–Kier alpha value is -3.69. The highest BCUT2D eigenvalue weighted by molar-refractivity contribution is 7.87. The number of ether oxygens (including phenoxy) is 3. The summed E-state index contributed by atoms with van der Waals surface area (Å²) < 4.78 is 48.0. The number of methoxy groups -OCH3 is 3. The first kappa shape index (κ1) is 25.9. The first-order chi connectivity index (χ1) is 17.9. The fraction of sp³-hybridized carbons (Fsp3) is 0.310. The van der Waals surface area contributed by atoms with Crippen LogP contribution in [0.4, 0.5) is 0 Å². The molecule has 9 heteroatoms. The first-order valence-corrected chi connectivity index (χ1v) is 13.5. The summed E-state index contributed by atoms with van der Waals surface area (Å²) >= 11 is 0. The number of hydrogen-bond donors (Lipinski definition) is 1. The molecule has 0 amide bonds. The average molecular weight is 537 g/mol. The van der Waals surface area contributed by atoms with Crippen LogP contribution in [0.25, 0.3) is 10.9 Å². The zero-order chi connectivity index (χ0) is 25.7. The second-order valence-electron chi connectivity index (χ2n) is 9.33. The fourth-order valence-electron chi connectivity index (χ4n) is 5.56. The van der Waals surface area contributed by atoms with Gasteiger partial charge in [0.25, 0.3) is 0 Å². The molecule has 1 atom stereocenters. The molecule has 2 aliphatic heterocycles. The van der Waals surface area contributed by atoms with Crippen LogP contribution in [-0.4, -0.2) is 46.2 Å². The molecule has 0 saturated carbocycles. The quantitative estimate of drug-likeness (QED) is 0.337. The summed E-state index contributed by atoms with van der Waals surface area (Å²) in [5.41, 5.74) is 5.69. The number of aromatic amines is 1. The third kappa shape index (κ3) is 4.25. The van der Waals surface area contributed by atoms with E-state index >= 15 is 0 Å². The van der Waals surface area contributed by atoms with Crippen LogP contribution in [0.1, 0.15) is 35.9 Å². The summed E-state index contributed by atoms with van der Waals surface area (Å²) in [4.78, 5) is 6.14. The molecule has 3 aromatic carbocycles. The topological polar surface area (TPSA) is 90.1 Å². The number of fused-ring (bicyclic) bond motifs is 6. The van der Waals surface area contributed by atoms with Gasteiger partial charge in [-0.2, -0.15) is 8.42 Å². The Bertz CT molecular complexity index is 1600. The van der Waals surface area contributed by atoms with Crippen molar-refractivity contribution in [1.29, 1.82) is 0 Å². The molecule has 1 aromatic heterocycles. The Morgan fingerprint density at radius 2 is 1.58 bits per heavy atom. The largest absolute Gasteiger partial charge is 0.493 e. The van der Waals surface area contributed by atoms with E-state index < -0.39 is 10.1 Å². The van der Waals surface area contributed by atoms with Crippen LogP contribution in [0.5, 0.6) is 23.0 Å². The van der Waals surface area contributed by atoms with Crippen molar-refractivity contribution in [3.8, 4) is 23.0 Å². The van der Waals surface area contributed by atoms with E-state index in [9.17, 15) is 8.42 Å². The van der Waals surface area contributed by atoms with Crippen LogP contribution in [0, 0.1) is 0 Å². The Kier molecular flexibility index (Phi) is 6.75. The molecule has 6 rings (SSSR count). The van der Waals surface area contributed by atoms with Crippen molar-refractivity contribution in [3.63, 3.8) is 0 Å². The van der Waals surface area contributed by atoms with Gasteiger partial charge in [-0.3, -0.25) is 4.90 Å². The normalized spacial score (nSPS) is 16.6. The second kappa shape index (κ2) is 9.89. The van der Waals surface area contributed by atoms with Crippen molar-refractivity contribution in [3.05, 3.63) is 77.0 Å². The Balaban J connectivity index is 0.00000294. The lowest BCUT2D eigenvalue weighted by Crippen LogP contribution is -2.39. The van der Waals surface area contributed by atoms with Gasteiger partial charge in [0, 0.05) is 41.8 Å². The zero-order valence-electron chi connectivity index (χ0n) is 20.9. The highest BCUT2D eigenvalue weighted by Crippen LogP contribution is 2.45. The molecule has 1 N–H and O–H groups in total. The molecule has 2 aliphatic rings. The van der Waals surface area contributed by atoms with Gasteiger partial charge in [-0.1, -0.05) is 25.6 Å². The number of nitrogens with one attached hydrogen (secondary N) is 1. The Labute approximate surface area is 223 Å². The van der Waals surface area contributed by atoms with Gasteiger partial charge in [0.15, 0.2) is 23.0 Å². The number of hydrogen-bond acceptors (Lipinski definition) is 7. The highest BCUT2D eigenvalue weighted by atomic mass is 32.2. The average Bonchev–Trinajstić information content (AvgIpc) is 3.27. The predicted octanol–water partition coefficient (Wildman–Crippen LogP) is 5.25. The van der Waals surface area contributed by atoms with Crippen LogP contribution in [0.3, 0.4) is 0 Å². The van der Waals surface area contributed by atoms with E-state index in [0.717, 1.165) is 48.0 Å². The van der Waals surface area contributed by atoms with E-state index in [0.29, 0.717) is 17.2 Å². The molecule has 8 nitrogen and oxygen atoms in total. The van der Waals surface area contributed by atoms with Crippen molar-refractivity contribution in [1.82, 2.24) is 9.88 Å². The van der Waals surface area contributed by atoms with Gasteiger partial charge in [0.05, 0.1) is 21.3 Å². The third-order valence-electron chi connectivity index (χ3n) is 7.38. The number of rotatable bonds is 6. The van der Waals surface area contributed by atoms with E-state index in [1.54, 1.807) is 32.4 Å². The van der Waals surface area contributed by atoms with Gasteiger partial charge in [-0.25, -0.2) is 0 Å². The van der Waals surface area contributed by atoms with E-state index in [-0.39, 0.29) is 24.1 Å². The van der Waals surface area contributed by atoms with Crippen molar-refractivity contribution >= 4 is 21.0 Å². The molecular weight excluding hydrogens is 504 g/mol. The van der Waals surface area contributed by atoms with Crippen molar-refractivity contribution in [2.45, 2.75) is 37.8 Å². The molecule has 0 saturated heterocycles. The summed E-state index contributed by atoms with van der Waals surface area (Å²) in [5.74, 6) is 2.00. The molecule has 200 valence electrons. The molecule has 0 aliphatic carbocycles. The first-order valence-electron chi connectivity index (χ1n) is 12.1. The van der Waals surface area contributed by atoms with E-state index in [1.807, 2.05) is 24.3 Å². The monoisotopic (exact) mass is 536 g/mol. The number of aromatic nitrogens is 1. The van der Waals surface area contributed by atoms with Crippen LogP contribution in [-0.2, 0) is 29.5 Å². The Morgan fingerprint density at radius 1 is 0.895 bits per heavy atom. The summed E-state index contributed by atoms with van der Waals surface area (Å²) in [7, 11) is 0.832. The predicted molar refractivity (Wildman–Crippen MR) is 146 cm³/mol. The number of H-pyrrole nitrogens is 1. The third-order valence-corrected chi connectivity index (χ3v) is 8.63. The van der Waals surface area contributed by atoms with E-state index in [1.165, 1.54) is 30.5 Å². The van der Waals surface area contributed by atoms with Crippen molar-refractivity contribution in [2.75, 3.05) is 27.9 Å². The lowest BCUT2D eigenvalue weighted by atomic mass is 9.85. The minimum absolute atomic E-state index is 0. The SMILES string of the molecule is C.COc1cc2[nH]c3c(c2cc1OC)CC1c2cc(OC)c(OS(=O)(=O)c4ccccc4)cc2CCN1C3. The lowest BCUT2D eigenvalue weighted by molar-refractivity contribution is 0.159. The van der Waals surface area contributed by atoms with Gasteiger partial charge >= 0.3 is 10.1 Å². The zero-order valence-corrected chi connectivity index (χ0v) is 21.7. The molecule has 1 unspecified atom stereocenters.